The molecule has 0 bridgehead atoms. The molecule has 0 aliphatic heterocycles. The summed E-state index contributed by atoms with van der Waals surface area (Å²) in [6.45, 7) is 0. The minimum Gasteiger partial charge on any atom is -0.383 e. The van der Waals surface area contributed by atoms with E-state index < -0.39 is 0 Å². The molecular weight excluding hydrogens is 190 g/mol. The van der Waals surface area contributed by atoms with Crippen molar-refractivity contribution in [1.29, 1.82) is 0 Å². The molecule has 0 saturated carbocycles. The summed E-state index contributed by atoms with van der Waals surface area (Å²) in [5, 5.41) is 0. The third-order valence-corrected chi connectivity index (χ3v) is 2.24. The Balaban J connectivity index is 2.13. The van der Waals surface area contributed by atoms with E-state index in [4.69, 9.17) is 11.5 Å². The van der Waals surface area contributed by atoms with Crippen molar-refractivity contribution >= 4 is 5.82 Å². The number of rotatable bonds is 3. The van der Waals surface area contributed by atoms with Crippen molar-refractivity contribution in [3.8, 4) is 0 Å². The molecule has 5 nitrogen and oxygen atoms in total. The van der Waals surface area contributed by atoms with Gasteiger partial charge in [0.05, 0.1) is 6.04 Å². The Labute approximate surface area is 87.5 Å². The molecule has 1 unspecified atom stereocenters. The molecule has 0 amide bonds. The second-order valence-corrected chi connectivity index (χ2v) is 3.33. The number of aromatic nitrogens is 3. The maximum absolute atomic E-state index is 5.96. The fourth-order valence-corrected chi connectivity index (χ4v) is 1.44. The highest BCUT2D eigenvalue weighted by Gasteiger charge is 2.10. The van der Waals surface area contributed by atoms with Crippen LogP contribution in [0.25, 0.3) is 0 Å². The predicted molar refractivity (Wildman–Crippen MR) is 57.9 cm³/mol. The molecular formula is C10H13N5. The van der Waals surface area contributed by atoms with Crippen molar-refractivity contribution in [2.75, 3.05) is 5.73 Å². The van der Waals surface area contributed by atoms with E-state index in [-0.39, 0.29) is 6.04 Å². The molecule has 0 aliphatic carbocycles. The number of hydrogen-bond acceptors (Lipinski definition) is 4. The zero-order chi connectivity index (χ0) is 10.7. The Morgan fingerprint density at radius 3 is 2.87 bits per heavy atom. The molecule has 2 aromatic rings. The molecule has 0 aliphatic rings. The van der Waals surface area contributed by atoms with E-state index in [9.17, 15) is 0 Å². The lowest BCUT2D eigenvalue weighted by molar-refractivity contribution is 0.677. The third-order valence-electron chi connectivity index (χ3n) is 2.24. The van der Waals surface area contributed by atoms with Crippen LogP contribution in [0.5, 0.6) is 0 Å². The SMILES string of the molecule is Nc1ncccc1CC(N)c1ncc[nH]1. The number of nitrogens with two attached hydrogens (primary N) is 2. The van der Waals surface area contributed by atoms with E-state index in [0.29, 0.717) is 12.2 Å². The number of pyridine rings is 1. The molecule has 0 aromatic carbocycles. The number of aromatic amines is 1. The highest BCUT2D eigenvalue weighted by atomic mass is 14.9. The van der Waals surface area contributed by atoms with Gasteiger partial charge in [-0.2, -0.15) is 0 Å². The van der Waals surface area contributed by atoms with Crippen LogP contribution in [0.1, 0.15) is 17.4 Å². The van der Waals surface area contributed by atoms with E-state index >= 15 is 0 Å². The molecule has 0 spiro atoms. The van der Waals surface area contributed by atoms with Gasteiger partial charge in [0.25, 0.3) is 0 Å². The van der Waals surface area contributed by atoms with Gasteiger partial charge in [0, 0.05) is 18.6 Å². The Kier molecular flexibility index (Phi) is 2.64. The summed E-state index contributed by atoms with van der Waals surface area (Å²) in [5.41, 5.74) is 12.6. The quantitative estimate of drug-likeness (QED) is 0.682. The number of anilines is 1. The van der Waals surface area contributed by atoms with Crippen molar-refractivity contribution in [2.45, 2.75) is 12.5 Å². The first-order chi connectivity index (χ1) is 7.27. The standard InChI is InChI=1S/C10H13N5/c11-8(10-14-4-5-15-10)6-7-2-1-3-13-9(7)12/h1-5,8H,6,11H2,(H2,12,13)(H,14,15). The lowest BCUT2D eigenvalue weighted by Gasteiger charge is -2.09. The second kappa shape index (κ2) is 4.10. The van der Waals surface area contributed by atoms with Gasteiger partial charge in [0.2, 0.25) is 0 Å². The smallest absolute Gasteiger partial charge is 0.126 e. The minimum atomic E-state index is -0.175. The van der Waals surface area contributed by atoms with Crippen LogP contribution in [0.3, 0.4) is 0 Å². The normalized spacial score (nSPS) is 12.6. The lowest BCUT2D eigenvalue weighted by Crippen LogP contribution is -2.16. The van der Waals surface area contributed by atoms with E-state index in [1.165, 1.54) is 0 Å². The molecule has 0 radical (unpaired) electrons. The number of nitrogens with one attached hydrogen (secondary N) is 1. The maximum atomic E-state index is 5.96. The topological polar surface area (TPSA) is 93.6 Å². The molecule has 2 aromatic heterocycles. The van der Waals surface area contributed by atoms with Gasteiger partial charge in [0.15, 0.2) is 0 Å². The monoisotopic (exact) mass is 203 g/mol. The van der Waals surface area contributed by atoms with Crippen molar-refractivity contribution in [3.63, 3.8) is 0 Å². The molecule has 78 valence electrons. The molecule has 2 rings (SSSR count). The molecule has 0 fully saturated rings. The third kappa shape index (κ3) is 2.13. The number of imidazole rings is 1. The van der Waals surface area contributed by atoms with Gasteiger partial charge in [0.1, 0.15) is 11.6 Å². The van der Waals surface area contributed by atoms with Crippen LogP contribution in [-0.2, 0) is 6.42 Å². The van der Waals surface area contributed by atoms with E-state index in [0.717, 1.165) is 11.4 Å². The number of nitrogens with zero attached hydrogens (tertiary/aromatic N) is 2. The zero-order valence-electron chi connectivity index (χ0n) is 8.22. The van der Waals surface area contributed by atoms with Gasteiger partial charge < -0.3 is 16.5 Å². The van der Waals surface area contributed by atoms with Gasteiger partial charge in [-0.3, -0.25) is 0 Å². The van der Waals surface area contributed by atoms with Gasteiger partial charge >= 0.3 is 0 Å². The Morgan fingerprint density at radius 2 is 2.20 bits per heavy atom. The van der Waals surface area contributed by atoms with E-state index in [1.807, 2.05) is 12.1 Å². The summed E-state index contributed by atoms with van der Waals surface area (Å²) < 4.78 is 0. The summed E-state index contributed by atoms with van der Waals surface area (Å²) in [4.78, 5) is 11.1. The fourth-order valence-electron chi connectivity index (χ4n) is 1.44. The molecule has 1 atom stereocenters. The first-order valence-electron chi connectivity index (χ1n) is 4.71. The highest BCUT2D eigenvalue weighted by Crippen LogP contribution is 2.15. The average molecular weight is 203 g/mol. The van der Waals surface area contributed by atoms with Crippen LogP contribution in [0.15, 0.2) is 30.7 Å². The van der Waals surface area contributed by atoms with Gasteiger partial charge in [-0.25, -0.2) is 9.97 Å². The number of nitrogen functional groups attached to an aromatic ring is 1. The van der Waals surface area contributed by atoms with Crippen molar-refractivity contribution in [1.82, 2.24) is 15.0 Å². The first kappa shape index (κ1) is 9.67. The largest absolute Gasteiger partial charge is 0.383 e. The van der Waals surface area contributed by atoms with Crippen molar-refractivity contribution < 1.29 is 0 Å². The summed E-state index contributed by atoms with van der Waals surface area (Å²) >= 11 is 0. The average Bonchev–Trinajstić information content (AvgIpc) is 2.74. The molecule has 5 N–H and O–H groups in total. The summed E-state index contributed by atoms with van der Waals surface area (Å²) in [6.07, 6.45) is 5.73. The van der Waals surface area contributed by atoms with Gasteiger partial charge in [-0.15, -0.1) is 0 Å². The zero-order valence-corrected chi connectivity index (χ0v) is 8.22. The van der Waals surface area contributed by atoms with Crippen LogP contribution in [0, 0.1) is 0 Å². The maximum Gasteiger partial charge on any atom is 0.126 e. The molecule has 15 heavy (non-hydrogen) atoms. The fraction of sp³-hybridized carbons (Fsp3) is 0.200. The second-order valence-electron chi connectivity index (χ2n) is 3.33. The Hall–Kier alpha value is -1.88. The minimum absolute atomic E-state index is 0.175. The number of H-pyrrole nitrogens is 1. The van der Waals surface area contributed by atoms with Crippen LogP contribution < -0.4 is 11.5 Å². The number of hydrogen-bond donors (Lipinski definition) is 3. The van der Waals surface area contributed by atoms with Crippen molar-refractivity contribution in [2.24, 2.45) is 5.73 Å². The lowest BCUT2D eigenvalue weighted by atomic mass is 10.1. The summed E-state index contributed by atoms with van der Waals surface area (Å²) in [7, 11) is 0. The van der Waals surface area contributed by atoms with Gasteiger partial charge in [-0.05, 0) is 18.1 Å². The molecule has 2 heterocycles. The van der Waals surface area contributed by atoms with Crippen LogP contribution >= 0.6 is 0 Å². The van der Waals surface area contributed by atoms with E-state index in [2.05, 4.69) is 15.0 Å². The predicted octanol–water partition coefficient (Wildman–Crippen LogP) is 0.629. The first-order valence-corrected chi connectivity index (χ1v) is 4.71. The molecule has 0 saturated heterocycles. The summed E-state index contributed by atoms with van der Waals surface area (Å²) in [6, 6.07) is 3.59. The highest BCUT2D eigenvalue weighted by molar-refractivity contribution is 5.39. The van der Waals surface area contributed by atoms with Crippen LogP contribution in [0.4, 0.5) is 5.82 Å². The van der Waals surface area contributed by atoms with Gasteiger partial charge in [-0.1, -0.05) is 6.07 Å². The Bertz CT molecular complexity index is 423. The van der Waals surface area contributed by atoms with Crippen LogP contribution in [0.2, 0.25) is 0 Å². The van der Waals surface area contributed by atoms with Crippen LogP contribution in [-0.4, -0.2) is 15.0 Å². The Morgan fingerprint density at radius 1 is 1.33 bits per heavy atom. The van der Waals surface area contributed by atoms with E-state index in [1.54, 1.807) is 18.6 Å². The summed E-state index contributed by atoms with van der Waals surface area (Å²) in [5.74, 6) is 1.29. The molecule has 5 heteroatoms. The van der Waals surface area contributed by atoms with Crippen molar-refractivity contribution in [3.05, 3.63) is 42.1 Å².